The molecule has 0 amide bonds. The Hall–Kier alpha value is -0.540. The van der Waals surface area contributed by atoms with Crippen LogP contribution in [0.25, 0.3) is 0 Å². The molecule has 1 saturated carbocycles. The van der Waals surface area contributed by atoms with Crippen LogP contribution in [0.1, 0.15) is 51.5 Å². The summed E-state index contributed by atoms with van der Waals surface area (Å²) in [5.74, 6) is 0.772. The summed E-state index contributed by atoms with van der Waals surface area (Å²) >= 11 is 3.47. The van der Waals surface area contributed by atoms with Crippen LogP contribution in [-0.2, 0) is 6.54 Å². The fourth-order valence-corrected chi connectivity index (χ4v) is 3.26. The molecule has 3 heteroatoms. The average Bonchev–Trinajstić information content (AvgIpc) is 2.92. The smallest absolute Gasteiger partial charge is 0.0461 e. The number of hydrogen-bond acceptors (Lipinski definition) is 2. The molecule has 0 aromatic heterocycles. The molecule has 2 rings (SSSR count). The molecule has 1 aliphatic rings. The average molecular weight is 339 g/mol. The Morgan fingerprint density at radius 2 is 2.00 bits per heavy atom. The van der Waals surface area contributed by atoms with E-state index in [1.807, 2.05) is 0 Å². The van der Waals surface area contributed by atoms with Gasteiger partial charge in [-0.3, -0.25) is 4.90 Å². The second kappa shape index (κ2) is 7.46. The minimum Gasteiger partial charge on any atom is -0.398 e. The maximum Gasteiger partial charge on any atom is 0.0461 e. The number of hydrogen-bond donors (Lipinski definition) is 1. The zero-order valence-electron chi connectivity index (χ0n) is 12.7. The Morgan fingerprint density at radius 3 is 2.60 bits per heavy atom. The summed E-state index contributed by atoms with van der Waals surface area (Å²) < 4.78 is 0.996. The van der Waals surface area contributed by atoms with Gasteiger partial charge in [0, 0.05) is 22.7 Å². The molecule has 1 aromatic carbocycles. The molecule has 2 nitrogen and oxygen atoms in total. The predicted octanol–water partition coefficient (Wildman–Crippen LogP) is 4.82. The number of halogens is 1. The summed E-state index contributed by atoms with van der Waals surface area (Å²) in [6.45, 7) is 6.86. The number of nitrogens with zero attached hydrogens (tertiary/aromatic N) is 1. The van der Waals surface area contributed by atoms with Crippen molar-refractivity contribution >= 4 is 21.6 Å². The summed E-state index contributed by atoms with van der Waals surface area (Å²) in [4.78, 5) is 2.68. The molecular formula is C17H27BrN2. The number of rotatable bonds is 6. The Bertz CT molecular complexity index is 425. The molecular weight excluding hydrogens is 312 g/mol. The van der Waals surface area contributed by atoms with Gasteiger partial charge in [0.05, 0.1) is 0 Å². The first-order valence-electron chi connectivity index (χ1n) is 7.84. The molecule has 112 valence electrons. The van der Waals surface area contributed by atoms with Crippen molar-refractivity contribution in [3.05, 3.63) is 28.2 Å². The quantitative estimate of drug-likeness (QED) is 0.753. The van der Waals surface area contributed by atoms with Gasteiger partial charge >= 0.3 is 0 Å². The van der Waals surface area contributed by atoms with Gasteiger partial charge in [0.25, 0.3) is 0 Å². The van der Waals surface area contributed by atoms with E-state index in [9.17, 15) is 0 Å². The highest BCUT2D eigenvalue weighted by Gasteiger charge is 2.22. The van der Waals surface area contributed by atoms with E-state index in [-0.39, 0.29) is 0 Å². The third-order valence-corrected chi connectivity index (χ3v) is 5.00. The zero-order valence-corrected chi connectivity index (χ0v) is 14.3. The van der Waals surface area contributed by atoms with Gasteiger partial charge < -0.3 is 5.73 Å². The van der Waals surface area contributed by atoms with Crippen molar-refractivity contribution in [2.45, 2.75) is 58.5 Å². The highest BCUT2D eigenvalue weighted by atomic mass is 79.9. The van der Waals surface area contributed by atoms with Gasteiger partial charge in [-0.05, 0) is 65.4 Å². The van der Waals surface area contributed by atoms with Crippen molar-refractivity contribution in [2.75, 3.05) is 12.3 Å². The summed E-state index contributed by atoms with van der Waals surface area (Å²) in [6.07, 6.45) is 6.80. The van der Waals surface area contributed by atoms with Gasteiger partial charge in [-0.25, -0.2) is 0 Å². The van der Waals surface area contributed by atoms with Crippen molar-refractivity contribution in [3.63, 3.8) is 0 Å². The summed E-state index contributed by atoms with van der Waals surface area (Å²) in [5.41, 5.74) is 8.19. The second-order valence-corrected chi connectivity index (χ2v) is 7.30. The Labute approximate surface area is 131 Å². The highest BCUT2D eigenvalue weighted by molar-refractivity contribution is 9.10. The molecule has 1 fully saturated rings. The van der Waals surface area contributed by atoms with Gasteiger partial charge in [-0.15, -0.1) is 0 Å². The predicted molar refractivity (Wildman–Crippen MR) is 90.7 cm³/mol. The van der Waals surface area contributed by atoms with E-state index < -0.39 is 0 Å². The lowest BCUT2D eigenvalue weighted by atomic mass is 10.1. The fraction of sp³-hybridized carbons (Fsp3) is 0.647. The molecule has 0 saturated heterocycles. The Morgan fingerprint density at radius 1 is 1.30 bits per heavy atom. The lowest BCUT2D eigenvalue weighted by Crippen LogP contribution is -2.34. The summed E-state index contributed by atoms with van der Waals surface area (Å²) in [7, 11) is 0. The minimum atomic E-state index is 0.772. The van der Waals surface area contributed by atoms with Gasteiger partial charge in [0.15, 0.2) is 0 Å². The first kappa shape index (κ1) is 15.8. The molecule has 0 heterocycles. The topological polar surface area (TPSA) is 29.3 Å². The monoisotopic (exact) mass is 338 g/mol. The van der Waals surface area contributed by atoms with Crippen LogP contribution in [0.5, 0.6) is 0 Å². The lowest BCUT2D eigenvalue weighted by molar-refractivity contribution is 0.179. The SMILES string of the molecule is CC(C)CCN(Cc1ccc(Br)c(N)c1)C1CCCC1. The van der Waals surface area contributed by atoms with Crippen LogP contribution in [0.2, 0.25) is 0 Å². The second-order valence-electron chi connectivity index (χ2n) is 6.45. The van der Waals surface area contributed by atoms with Crippen molar-refractivity contribution in [2.24, 2.45) is 5.92 Å². The van der Waals surface area contributed by atoms with E-state index in [4.69, 9.17) is 5.73 Å². The van der Waals surface area contributed by atoms with E-state index in [0.29, 0.717) is 0 Å². The number of nitrogen functional groups attached to an aromatic ring is 1. The van der Waals surface area contributed by atoms with Crippen molar-refractivity contribution in [3.8, 4) is 0 Å². The van der Waals surface area contributed by atoms with Crippen molar-refractivity contribution in [1.82, 2.24) is 4.90 Å². The van der Waals surface area contributed by atoms with E-state index in [0.717, 1.165) is 28.7 Å². The molecule has 0 atom stereocenters. The summed E-state index contributed by atoms with van der Waals surface area (Å²) in [5, 5.41) is 0. The Kier molecular flexibility index (Phi) is 5.91. The molecule has 0 spiro atoms. The normalized spacial score (nSPS) is 16.4. The Balaban J connectivity index is 2.03. The maximum atomic E-state index is 6.01. The van der Waals surface area contributed by atoms with Crippen molar-refractivity contribution < 1.29 is 0 Å². The van der Waals surface area contributed by atoms with Gasteiger partial charge in [-0.2, -0.15) is 0 Å². The van der Waals surface area contributed by atoms with Crippen molar-refractivity contribution in [1.29, 1.82) is 0 Å². The standard InChI is InChI=1S/C17H27BrN2/c1-13(2)9-10-20(15-5-3-4-6-15)12-14-7-8-16(18)17(19)11-14/h7-8,11,13,15H,3-6,9-10,12,19H2,1-2H3. The number of nitrogens with two attached hydrogens (primary N) is 1. The van der Waals surface area contributed by atoms with Crippen LogP contribution in [0.4, 0.5) is 5.69 Å². The first-order valence-corrected chi connectivity index (χ1v) is 8.63. The van der Waals surface area contributed by atoms with E-state index in [2.05, 4.69) is 52.9 Å². The van der Waals surface area contributed by atoms with Crippen LogP contribution in [0, 0.1) is 5.92 Å². The molecule has 0 unspecified atom stereocenters. The van der Waals surface area contributed by atoms with Gasteiger partial charge in [0.2, 0.25) is 0 Å². The molecule has 0 radical (unpaired) electrons. The van der Waals surface area contributed by atoms with E-state index in [1.165, 1.54) is 44.2 Å². The fourth-order valence-electron chi connectivity index (χ4n) is 3.01. The molecule has 1 aliphatic carbocycles. The molecule has 0 aliphatic heterocycles. The molecule has 1 aromatic rings. The van der Waals surface area contributed by atoms with Crippen LogP contribution >= 0.6 is 15.9 Å². The van der Waals surface area contributed by atoms with Crippen LogP contribution in [0.3, 0.4) is 0 Å². The third-order valence-electron chi connectivity index (χ3n) is 4.28. The van der Waals surface area contributed by atoms with E-state index in [1.54, 1.807) is 0 Å². The minimum absolute atomic E-state index is 0.772. The number of anilines is 1. The molecule has 0 bridgehead atoms. The van der Waals surface area contributed by atoms with Crippen LogP contribution < -0.4 is 5.73 Å². The highest BCUT2D eigenvalue weighted by Crippen LogP contribution is 2.27. The van der Waals surface area contributed by atoms with Crippen LogP contribution in [0.15, 0.2) is 22.7 Å². The van der Waals surface area contributed by atoms with Gasteiger partial charge in [-0.1, -0.05) is 32.8 Å². The molecule has 20 heavy (non-hydrogen) atoms. The van der Waals surface area contributed by atoms with Crippen LogP contribution in [-0.4, -0.2) is 17.5 Å². The summed E-state index contributed by atoms with van der Waals surface area (Å²) in [6, 6.07) is 7.15. The zero-order chi connectivity index (χ0) is 14.5. The lowest BCUT2D eigenvalue weighted by Gasteiger charge is -2.29. The largest absolute Gasteiger partial charge is 0.398 e. The van der Waals surface area contributed by atoms with E-state index >= 15 is 0 Å². The van der Waals surface area contributed by atoms with Gasteiger partial charge in [0.1, 0.15) is 0 Å². The third kappa shape index (κ3) is 4.49. The molecule has 2 N–H and O–H groups in total. The number of benzene rings is 1. The maximum absolute atomic E-state index is 6.01. The first-order chi connectivity index (χ1) is 9.56.